The first-order valence-electron chi connectivity index (χ1n) is 8.44. The van der Waals surface area contributed by atoms with Gasteiger partial charge in [0.05, 0.1) is 10.4 Å². The van der Waals surface area contributed by atoms with Gasteiger partial charge in [0.25, 0.3) is 0 Å². The number of carbonyl (C=O) groups excluding carboxylic acids is 1. The van der Waals surface area contributed by atoms with Gasteiger partial charge in [0, 0.05) is 32.6 Å². The van der Waals surface area contributed by atoms with Gasteiger partial charge in [-0.1, -0.05) is 11.3 Å². The van der Waals surface area contributed by atoms with E-state index >= 15 is 0 Å². The smallest absolute Gasteiger partial charge is 0.225 e. The normalized spacial score (nSPS) is 21.8. The largest absolute Gasteiger partial charge is 0.361 e. The van der Waals surface area contributed by atoms with Gasteiger partial charge in [-0.2, -0.15) is 5.10 Å². The first-order valence-corrected chi connectivity index (χ1v) is 9.26. The highest BCUT2D eigenvalue weighted by Crippen LogP contribution is 2.33. The van der Waals surface area contributed by atoms with Crippen LogP contribution in [0.3, 0.4) is 0 Å². The van der Waals surface area contributed by atoms with Crippen LogP contribution in [-0.2, 0) is 11.8 Å². The molecule has 1 saturated carbocycles. The van der Waals surface area contributed by atoms with E-state index in [0.717, 1.165) is 60.1 Å². The van der Waals surface area contributed by atoms with E-state index in [2.05, 4.69) is 20.3 Å². The lowest BCUT2D eigenvalue weighted by atomic mass is 9.97. The van der Waals surface area contributed by atoms with Crippen LogP contribution in [0.25, 0.3) is 10.3 Å². The van der Waals surface area contributed by atoms with Crippen molar-refractivity contribution in [1.29, 1.82) is 0 Å². The zero-order valence-corrected chi connectivity index (χ0v) is 14.5. The Morgan fingerprint density at radius 3 is 2.96 bits per heavy atom. The van der Waals surface area contributed by atoms with Crippen LogP contribution in [0.1, 0.15) is 31.4 Å². The molecule has 4 rings (SSSR count). The molecule has 0 bridgehead atoms. The average molecular weight is 333 g/mol. The lowest BCUT2D eigenvalue weighted by Crippen LogP contribution is -2.42. The molecular formula is C16H23N5OS. The van der Waals surface area contributed by atoms with Crippen molar-refractivity contribution >= 4 is 32.7 Å². The van der Waals surface area contributed by atoms with Crippen molar-refractivity contribution in [3.63, 3.8) is 0 Å². The number of piperidine rings is 1. The second-order valence-electron chi connectivity index (χ2n) is 6.83. The predicted octanol–water partition coefficient (Wildman–Crippen LogP) is 2.40. The molecule has 1 unspecified atom stereocenters. The molecule has 6 nitrogen and oxygen atoms in total. The van der Waals surface area contributed by atoms with Crippen molar-refractivity contribution in [1.82, 2.24) is 19.7 Å². The number of aryl methyl sites for hydroxylation is 2. The molecule has 1 saturated heterocycles. The summed E-state index contributed by atoms with van der Waals surface area (Å²) in [6.45, 7) is 4.75. The summed E-state index contributed by atoms with van der Waals surface area (Å²) in [7, 11) is 1.93. The topological polar surface area (TPSA) is 63.1 Å². The number of fused-ring (bicyclic) bond motifs is 1. The number of rotatable bonds is 4. The zero-order chi connectivity index (χ0) is 16.0. The molecule has 3 heterocycles. The Morgan fingerprint density at radius 1 is 1.39 bits per heavy atom. The van der Waals surface area contributed by atoms with Crippen molar-refractivity contribution in [2.75, 3.05) is 25.0 Å². The van der Waals surface area contributed by atoms with Crippen LogP contribution in [0.4, 0.5) is 5.13 Å². The standard InChI is InChI=1S/C16H23N5OS/c1-10-13-14(20(2)19-10)18-16(23-13)17-8-11-4-3-7-21(9-11)15(22)12-5-6-12/h11-12H,3-9H2,1-2H3,(H,17,18). The Kier molecular flexibility index (Phi) is 3.75. The SMILES string of the molecule is Cc1nn(C)c2nc(NCC3CCCN(C(=O)C4CC4)C3)sc12. The minimum Gasteiger partial charge on any atom is -0.361 e. The Balaban J connectivity index is 1.37. The Hall–Kier alpha value is -1.63. The lowest BCUT2D eigenvalue weighted by Gasteiger charge is -2.33. The number of nitrogens with zero attached hydrogens (tertiary/aromatic N) is 4. The van der Waals surface area contributed by atoms with E-state index in [-0.39, 0.29) is 0 Å². The predicted molar refractivity (Wildman–Crippen MR) is 91.6 cm³/mol. The van der Waals surface area contributed by atoms with Gasteiger partial charge < -0.3 is 10.2 Å². The van der Waals surface area contributed by atoms with E-state index < -0.39 is 0 Å². The summed E-state index contributed by atoms with van der Waals surface area (Å²) in [5.74, 6) is 1.25. The lowest BCUT2D eigenvalue weighted by molar-refractivity contribution is -0.134. The first-order chi connectivity index (χ1) is 11.1. The van der Waals surface area contributed by atoms with E-state index in [1.165, 1.54) is 6.42 Å². The van der Waals surface area contributed by atoms with Crippen molar-refractivity contribution in [3.8, 4) is 0 Å². The molecule has 1 amide bonds. The molecular weight excluding hydrogens is 310 g/mol. The van der Waals surface area contributed by atoms with E-state index in [4.69, 9.17) is 0 Å². The number of thiazole rings is 1. The van der Waals surface area contributed by atoms with Crippen LogP contribution in [0, 0.1) is 18.8 Å². The number of anilines is 1. The molecule has 23 heavy (non-hydrogen) atoms. The van der Waals surface area contributed by atoms with Crippen molar-refractivity contribution in [3.05, 3.63) is 5.69 Å². The minimum absolute atomic E-state index is 0.335. The monoisotopic (exact) mass is 333 g/mol. The van der Waals surface area contributed by atoms with E-state index in [1.807, 2.05) is 18.7 Å². The summed E-state index contributed by atoms with van der Waals surface area (Å²) in [6, 6.07) is 0. The number of likely N-dealkylation sites (tertiary alicyclic amines) is 1. The highest BCUT2D eigenvalue weighted by molar-refractivity contribution is 7.22. The molecule has 2 aliphatic rings. The van der Waals surface area contributed by atoms with Gasteiger partial charge in [-0.15, -0.1) is 0 Å². The number of hydrogen-bond acceptors (Lipinski definition) is 5. The second kappa shape index (κ2) is 5.78. The van der Waals surface area contributed by atoms with Gasteiger partial charge in [-0.05, 0) is 38.5 Å². The molecule has 0 radical (unpaired) electrons. The summed E-state index contributed by atoms with van der Waals surface area (Å²) in [4.78, 5) is 18.9. The molecule has 2 aromatic heterocycles. The van der Waals surface area contributed by atoms with E-state index in [9.17, 15) is 4.79 Å². The second-order valence-corrected chi connectivity index (χ2v) is 7.83. The summed E-state index contributed by atoms with van der Waals surface area (Å²) in [6.07, 6.45) is 4.50. The van der Waals surface area contributed by atoms with Gasteiger partial charge in [0.1, 0.15) is 0 Å². The third-order valence-corrected chi connectivity index (χ3v) is 5.95. The molecule has 2 fully saturated rings. The van der Waals surface area contributed by atoms with E-state index in [0.29, 0.717) is 17.7 Å². The molecule has 1 atom stereocenters. The first kappa shape index (κ1) is 14.9. The fourth-order valence-electron chi connectivity index (χ4n) is 3.41. The van der Waals surface area contributed by atoms with Crippen LogP contribution < -0.4 is 5.32 Å². The zero-order valence-electron chi connectivity index (χ0n) is 13.7. The quantitative estimate of drug-likeness (QED) is 0.933. The maximum absolute atomic E-state index is 12.2. The molecule has 124 valence electrons. The van der Waals surface area contributed by atoms with E-state index in [1.54, 1.807) is 11.3 Å². The summed E-state index contributed by atoms with van der Waals surface area (Å²) in [5, 5.41) is 8.82. The average Bonchev–Trinajstić information content (AvgIpc) is 3.25. The minimum atomic E-state index is 0.335. The Bertz CT molecular complexity index is 698. The van der Waals surface area contributed by atoms with Crippen molar-refractivity contribution in [2.45, 2.75) is 32.6 Å². The fraction of sp³-hybridized carbons (Fsp3) is 0.688. The van der Waals surface area contributed by atoms with Crippen LogP contribution >= 0.6 is 11.3 Å². The molecule has 0 spiro atoms. The maximum Gasteiger partial charge on any atom is 0.225 e. The number of carbonyl (C=O) groups is 1. The van der Waals surface area contributed by atoms with Crippen LogP contribution in [0.5, 0.6) is 0 Å². The van der Waals surface area contributed by atoms with Crippen molar-refractivity contribution in [2.24, 2.45) is 18.9 Å². The van der Waals surface area contributed by atoms with Gasteiger partial charge in [-0.25, -0.2) is 9.67 Å². The van der Waals surface area contributed by atoms with Crippen LogP contribution in [-0.4, -0.2) is 45.2 Å². The number of hydrogen-bond donors (Lipinski definition) is 1. The maximum atomic E-state index is 12.2. The number of nitrogens with one attached hydrogen (secondary N) is 1. The molecule has 1 N–H and O–H groups in total. The summed E-state index contributed by atoms with van der Waals surface area (Å²) in [5.41, 5.74) is 1.98. The summed E-state index contributed by atoms with van der Waals surface area (Å²) < 4.78 is 2.99. The number of amides is 1. The third kappa shape index (κ3) is 2.94. The van der Waals surface area contributed by atoms with Gasteiger partial charge in [0.2, 0.25) is 5.91 Å². The van der Waals surface area contributed by atoms with Gasteiger partial charge in [-0.3, -0.25) is 4.79 Å². The number of aromatic nitrogens is 3. The van der Waals surface area contributed by atoms with Gasteiger partial charge in [0.15, 0.2) is 10.8 Å². The molecule has 1 aliphatic carbocycles. The highest BCUT2D eigenvalue weighted by Gasteiger charge is 2.35. The van der Waals surface area contributed by atoms with Gasteiger partial charge >= 0.3 is 0 Å². The Labute approximate surface area is 139 Å². The fourth-order valence-corrected chi connectivity index (χ4v) is 4.35. The third-order valence-electron chi connectivity index (χ3n) is 4.84. The molecule has 1 aliphatic heterocycles. The van der Waals surface area contributed by atoms with Crippen molar-refractivity contribution < 1.29 is 4.79 Å². The molecule has 2 aromatic rings. The Morgan fingerprint density at radius 2 is 2.22 bits per heavy atom. The van der Waals surface area contributed by atoms with Crippen LogP contribution in [0.15, 0.2) is 0 Å². The summed E-state index contributed by atoms with van der Waals surface area (Å²) >= 11 is 1.67. The highest BCUT2D eigenvalue weighted by atomic mass is 32.1. The molecule has 7 heteroatoms. The molecule has 0 aromatic carbocycles. The van der Waals surface area contributed by atoms with Crippen LogP contribution in [0.2, 0.25) is 0 Å².